The normalized spacial score (nSPS) is 19.0. The molecule has 12 nitrogen and oxygen atoms in total. The first-order chi connectivity index (χ1) is 21.2. The molecular formula is C30H33ClFN9O3. The van der Waals surface area contributed by atoms with Crippen LogP contribution in [0.5, 0.6) is 5.75 Å². The van der Waals surface area contributed by atoms with E-state index in [1.54, 1.807) is 16.9 Å². The average Bonchev–Trinajstić information content (AvgIpc) is 3.44. The van der Waals surface area contributed by atoms with Crippen LogP contribution in [0.1, 0.15) is 48.3 Å². The number of aromatic nitrogens is 3. The largest absolute Gasteiger partial charge is 0.489 e. The van der Waals surface area contributed by atoms with Crippen molar-refractivity contribution in [3.05, 3.63) is 70.4 Å². The number of aliphatic imine (C=N–C) groups is 2. The predicted octanol–water partition coefficient (Wildman–Crippen LogP) is 3.35. The molecule has 0 unspecified atom stereocenters. The number of nitrogens with one attached hydrogen (secondary N) is 2. The minimum absolute atomic E-state index is 0.0180. The van der Waals surface area contributed by atoms with Gasteiger partial charge in [-0.1, -0.05) is 11.6 Å². The number of ether oxygens (including phenoxy) is 2. The Bertz CT molecular complexity index is 1650. The topological polar surface area (TPSA) is 142 Å². The maximum absolute atomic E-state index is 13.4. The molecule has 2 saturated heterocycles. The van der Waals surface area contributed by atoms with Crippen molar-refractivity contribution in [1.82, 2.24) is 30.1 Å². The molecule has 0 aliphatic carbocycles. The molecule has 5 heterocycles. The van der Waals surface area contributed by atoms with Crippen molar-refractivity contribution in [3.63, 3.8) is 0 Å². The second-order valence-electron chi connectivity index (χ2n) is 10.9. The second kappa shape index (κ2) is 13.5. The van der Waals surface area contributed by atoms with Crippen molar-refractivity contribution in [2.45, 2.75) is 38.3 Å². The van der Waals surface area contributed by atoms with Crippen LogP contribution in [0, 0.1) is 17.1 Å². The Morgan fingerprint density at radius 1 is 1.41 bits per heavy atom. The first kappa shape index (κ1) is 31.1. The van der Waals surface area contributed by atoms with E-state index in [2.05, 4.69) is 38.5 Å². The summed E-state index contributed by atoms with van der Waals surface area (Å²) in [4.78, 5) is 27.6. The molecular weight excluding hydrogens is 589 g/mol. The number of piperidine rings is 1. The van der Waals surface area contributed by atoms with Gasteiger partial charge in [-0.2, -0.15) is 10.4 Å². The fourth-order valence-electron chi connectivity index (χ4n) is 5.17. The standard InChI is InChI=1S/C30H33ClFN9O3/c1-19(24-11-22(44-18-23-15-35-6-9-43-23)17-41-28(24)20(12-33)13-38-41)36-16-26(34-3)40-7-4-30(2,5-8-40)39-29(42)27-25(31)10-21(32)14-37-27/h10-11,13-14,16-17,23,35H,3-9,15,18H2,1-2H3,(H,39,42)/b26-16+,36-19?/t23-/m1/s1. The highest BCUT2D eigenvalue weighted by Crippen LogP contribution is 2.27. The van der Waals surface area contributed by atoms with E-state index in [0.717, 1.165) is 18.8 Å². The van der Waals surface area contributed by atoms with Crippen LogP contribution in [0.4, 0.5) is 4.39 Å². The first-order valence-corrected chi connectivity index (χ1v) is 14.5. The smallest absolute Gasteiger partial charge is 0.271 e. The summed E-state index contributed by atoms with van der Waals surface area (Å²) in [5, 5.41) is 20.3. The fraction of sp³-hybridized carbons (Fsp3) is 0.400. The Kier molecular flexibility index (Phi) is 9.53. The van der Waals surface area contributed by atoms with E-state index in [9.17, 15) is 14.4 Å². The predicted molar refractivity (Wildman–Crippen MR) is 164 cm³/mol. The van der Waals surface area contributed by atoms with Crippen molar-refractivity contribution in [2.24, 2.45) is 9.98 Å². The molecule has 1 atom stereocenters. The fourth-order valence-corrected chi connectivity index (χ4v) is 5.40. The van der Waals surface area contributed by atoms with E-state index in [0.29, 0.717) is 79.6 Å². The summed E-state index contributed by atoms with van der Waals surface area (Å²) in [5.41, 5.74) is 1.82. The first-order valence-electron chi connectivity index (χ1n) is 14.2. The number of nitrogens with zero attached hydrogens (tertiary/aromatic N) is 7. The molecule has 0 spiro atoms. The quantitative estimate of drug-likeness (QED) is 0.347. The zero-order valence-electron chi connectivity index (χ0n) is 24.5. The lowest BCUT2D eigenvalue weighted by molar-refractivity contribution is 0.0000952. The zero-order chi connectivity index (χ0) is 31.3. The van der Waals surface area contributed by atoms with E-state index in [4.69, 9.17) is 26.1 Å². The number of halogens is 2. The molecule has 2 aliphatic heterocycles. The minimum atomic E-state index is -0.608. The number of hydrogen-bond acceptors (Lipinski definition) is 10. The van der Waals surface area contributed by atoms with Gasteiger partial charge < -0.3 is 25.0 Å². The molecule has 0 bridgehead atoms. The summed E-state index contributed by atoms with van der Waals surface area (Å²) >= 11 is 6.03. The van der Waals surface area contributed by atoms with E-state index in [1.165, 1.54) is 6.20 Å². The third-order valence-corrected chi connectivity index (χ3v) is 7.99. The highest BCUT2D eigenvalue weighted by Gasteiger charge is 2.33. The molecule has 230 valence electrons. The van der Waals surface area contributed by atoms with Gasteiger partial charge in [-0.15, -0.1) is 0 Å². The average molecular weight is 622 g/mol. The third-order valence-electron chi connectivity index (χ3n) is 7.70. The van der Waals surface area contributed by atoms with Gasteiger partial charge in [0, 0.05) is 43.0 Å². The van der Waals surface area contributed by atoms with E-state index in [1.807, 2.05) is 24.8 Å². The number of amides is 1. The van der Waals surface area contributed by atoms with Gasteiger partial charge in [0.2, 0.25) is 0 Å². The molecule has 0 radical (unpaired) electrons. The maximum atomic E-state index is 13.4. The number of morpholine rings is 1. The highest BCUT2D eigenvalue weighted by atomic mass is 35.5. The molecule has 5 rings (SSSR count). The van der Waals surface area contributed by atoms with E-state index in [-0.39, 0.29) is 16.8 Å². The molecule has 2 N–H and O–H groups in total. The van der Waals surface area contributed by atoms with Gasteiger partial charge in [-0.3, -0.25) is 9.79 Å². The number of hydrogen-bond donors (Lipinski definition) is 2. The summed E-state index contributed by atoms with van der Waals surface area (Å²) < 4.78 is 26.8. The summed E-state index contributed by atoms with van der Waals surface area (Å²) in [5.74, 6) is 0.0782. The minimum Gasteiger partial charge on any atom is -0.489 e. The van der Waals surface area contributed by atoms with Gasteiger partial charge in [0.15, 0.2) is 0 Å². The molecule has 3 aromatic rings. The summed E-state index contributed by atoms with van der Waals surface area (Å²) in [6, 6.07) is 5.11. The molecule has 0 saturated carbocycles. The van der Waals surface area contributed by atoms with Crippen molar-refractivity contribution in [2.75, 3.05) is 39.4 Å². The van der Waals surface area contributed by atoms with Crippen molar-refractivity contribution in [1.29, 1.82) is 5.26 Å². The van der Waals surface area contributed by atoms with Crippen LogP contribution in [-0.2, 0) is 4.74 Å². The Morgan fingerprint density at radius 2 is 2.20 bits per heavy atom. The van der Waals surface area contributed by atoms with Crippen molar-refractivity contribution < 1.29 is 18.7 Å². The summed E-state index contributed by atoms with van der Waals surface area (Å²) in [6.07, 6.45) is 7.00. The maximum Gasteiger partial charge on any atom is 0.271 e. The molecule has 44 heavy (non-hydrogen) atoms. The molecule has 2 fully saturated rings. The van der Waals surface area contributed by atoms with Gasteiger partial charge in [-0.25, -0.2) is 18.9 Å². The number of fused-ring (bicyclic) bond motifs is 1. The van der Waals surface area contributed by atoms with E-state index >= 15 is 0 Å². The lowest BCUT2D eigenvalue weighted by Crippen LogP contribution is -2.53. The number of likely N-dealkylation sites (tertiary alicyclic amines) is 1. The zero-order valence-corrected chi connectivity index (χ0v) is 25.3. The summed E-state index contributed by atoms with van der Waals surface area (Å²) in [7, 11) is 0. The molecule has 1 amide bonds. The number of carbonyl (C=O) groups excluding carboxylic acids is 1. The van der Waals surface area contributed by atoms with Gasteiger partial charge in [0.25, 0.3) is 5.91 Å². The van der Waals surface area contributed by atoms with Crippen molar-refractivity contribution >= 4 is 35.5 Å². The monoisotopic (exact) mass is 621 g/mol. The van der Waals surface area contributed by atoms with Crippen LogP contribution in [0.3, 0.4) is 0 Å². The van der Waals surface area contributed by atoms with E-state index < -0.39 is 17.3 Å². The molecule has 14 heteroatoms. The van der Waals surface area contributed by atoms with Crippen LogP contribution >= 0.6 is 11.6 Å². The number of pyridine rings is 2. The van der Waals surface area contributed by atoms with Crippen LogP contribution in [0.25, 0.3) is 5.52 Å². The Morgan fingerprint density at radius 3 is 2.89 bits per heavy atom. The number of nitriles is 1. The van der Waals surface area contributed by atoms with Gasteiger partial charge in [0.05, 0.1) is 47.5 Å². The second-order valence-corrected chi connectivity index (χ2v) is 11.3. The Hall–Kier alpha value is -4.38. The molecule has 0 aromatic carbocycles. The number of carbonyl (C=O) groups is 1. The third kappa shape index (κ3) is 7.05. The van der Waals surface area contributed by atoms with Gasteiger partial charge in [0.1, 0.15) is 41.9 Å². The summed E-state index contributed by atoms with van der Waals surface area (Å²) in [6.45, 7) is 11.2. The Labute approximate surface area is 259 Å². The lowest BCUT2D eigenvalue weighted by atomic mass is 9.89. The van der Waals surface area contributed by atoms with Crippen LogP contribution in [0.15, 0.2) is 52.7 Å². The van der Waals surface area contributed by atoms with Gasteiger partial charge in [-0.05, 0) is 45.5 Å². The Balaban J connectivity index is 1.30. The van der Waals surface area contributed by atoms with Crippen LogP contribution in [0.2, 0.25) is 5.02 Å². The molecule has 2 aliphatic rings. The van der Waals surface area contributed by atoms with Gasteiger partial charge >= 0.3 is 0 Å². The molecule has 3 aromatic heterocycles. The van der Waals surface area contributed by atoms with Crippen LogP contribution < -0.4 is 15.4 Å². The lowest BCUT2D eigenvalue weighted by Gasteiger charge is -2.40. The highest BCUT2D eigenvalue weighted by molar-refractivity contribution is 6.33. The van der Waals surface area contributed by atoms with Crippen molar-refractivity contribution in [3.8, 4) is 11.8 Å². The number of rotatable bonds is 9. The SMILES string of the molecule is C=N/C(=C\N=C(C)c1cc(OC[C@H]2CNCCO2)cn2ncc(C#N)c12)N1CCC(C)(NC(=O)c2ncc(F)cc2Cl)CC1. The van der Waals surface area contributed by atoms with Crippen LogP contribution in [-0.4, -0.2) is 88.9 Å².